The summed E-state index contributed by atoms with van der Waals surface area (Å²) in [6.07, 6.45) is 2.20. The van der Waals surface area contributed by atoms with Gasteiger partial charge >= 0.3 is 0 Å². The van der Waals surface area contributed by atoms with Crippen LogP contribution in [0.25, 0.3) is 0 Å². The molecule has 0 atom stereocenters. The zero-order valence-electron chi connectivity index (χ0n) is 9.62. The molecule has 1 saturated heterocycles. The monoisotopic (exact) mass is 215 g/mol. The number of carbonyl (C=O) groups excluding carboxylic acids is 1. The van der Waals surface area contributed by atoms with E-state index in [4.69, 9.17) is 9.47 Å². The van der Waals surface area contributed by atoms with Gasteiger partial charge in [-0.15, -0.1) is 0 Å². The molecule has 0 aromatic rings. The average molecular weight is 215 g/mol. The van der Waals surface area contributed by atoms with Crippen molar-refractivity contribution in [2.75, 3.05) is 26.4 Å². The summed E-state index contributed by atoms with van der Waals surface area (Å²) < 4.78 is 10.5. The van der Waals surface area contributed by atoms with Gasteiger partial charge in [0.1, 0.15) is 6.61 Å². The molecule has 0 spiro atoms. The number of hydrogen-bond acceptors (Lipinski definition) is 3. The summed E-state index contributed by atoms with van der Waals surface area (Å²) in [5, 5.41) is 2.89. The third-order valence-electron chi connectivity index (χ3n) is 2.48. The fourth-order valence-corrected chi connectivity index (χ4v) is 1.50. The number of nitrogens with one attached hydrogen (secondary N) is 1. The molecule has 1 fully saturated rings. The first-order valence-corrected chi connectivity index (χ1v) is 5.64. The second kappa shape index (κ2) is 6.80. The van der Waals surface area contributed by atoms with Crippen molar-refractivity contribution in [2.24, 2.45) is 5.92 Å². The first-order chi connectivity index (χ1) is 7.18. The third-order valence-corrected chi connectivity index (χ3v) is 2.48. The summed E-state index contributed by atoms with van der Waals surface area (Å²) in [4.78, 5) is 11.3. The van der Waals surface area contributed by atoms with Gasteiger partial charge in [-0.05, 0) is 32.6 Å². The molecule has 0 unspecified atom stereocenters. The van der Waals surface area contributed by atoms with Crippen molar-refractivity contribution in [3.05, 3.63) is 0 Å². The molecule has 0 bridgehead atoms. The van der Waals surface area contributed by atoms with Crippen molar-refractivity contribution in [2.45, 2.75) is 32.8 Å². The zero-order valence-corrected chi connectivity index (χ0v) is 9.62. The molecule has 4 heteroatoms. The lowest BCUT2D eigenvalue weighted by molar-refractivity contribution is -0.127. The van der Waals surface area contributed by atoms with Crippen LogP contribution in [0.2, 0.25) is 0 Å². The van der Waals surface area contributed by atoms with E-state index in [-0.39, 0.29) is 18.6 Å². The minimum atomic E-state index is -0.0183. The highest BCUT2D eigenvalue weighted by atomic mass is 16.5. The van der Waals surface area contributed by atoms with Crippen LogP contribution in [0.3, 0.4) is 0 Å². The van der Waals surface area contributed by atoms with Gasteiger partial charge in [0, 0.05) is 19.8 Å². The smallest absolute Gasteiger partial charge is 0.246 e. The van der Waals surface area contributed by atoms with Crippen molar-refractivity contribution in [1.29, 1.82) is 0 Å². The van der Waals surface area contributed by atoms with Crippen molar-refractivity contribution in [3.8, 4) is 0 Å². The van der Waals surface area contributed by atoms with E-state index >= 15 is 0 Å². The molecule has 15 heavy (non-hydrogen) atoms. The molecule has 88 valence electrons. The van der Waals surface area contributed by atoms with Gasteiger partial charge in [0.15, 0.2) is 0 Å². The number of amides is 1. The Morgan fingerprint density at radius 3 is 2.73 bits per heavy atom. The molecule has 0 aliphatic carbocycles. The van der Waals surface area contributed by atoms with Gasteiger partial charge in [0.2, 0.25) is 5.91 Å². The Morgan fingerprint density at radius 1 is 1.47 bits per heavy atom. The summed E-state index contributed by atoms with van der Waals surface area (Å²) in [7, 11) is 0. The van der Waals surface area contributed by atoms with E-state index in [1.807, 2.05) is 13.8 Å². The molecule has 1 heterocycles. The summed E-state index contributed by atoms with van der Waals surface area (Å²) >= 11 is 0. The molecule has 0 aromatic carbocycles. The van der Waals surface area contributed by atoms with Gasteiger partial charge in [-0.3, -0.25) is 4.79 Å². The first-order valence-electron chi connectivity index (χ1n) is 5.64. The van der Waals surface area contributed by atoms with Crippen molar-refractivity contribution < 1.29 is 14.3 Å². The maximum absolute atomic E-state index is 11.3. The highest BCUT2D eigenvalue weighted by molar-refractivity contribution is 5.77. The highest BCUT2D eigenvalue weighted by Gasteiger charge is 2.14. The van der Waals surface area contributed by atoms with Gasteiger partial charge in [-0.2, -0.15) is 0 Å². The third kappa shape index (κ3) is 5.74. The average Bonchev–Trinajstić information content (AvgIpc) is 2.25. The van der Waals surface area contributed by atoms with E-state index in [1.165, 1.54) is 0 Å². The Hall–Kier alpha value is -0.610. The Kier molecular flexibility index (Phi) is 5.65. The molecule has 0 saturated carbocycles. The molecule has 0 aromatic heterocycles. The van der Waals surface area contributed by atoms with Crippen molar-refractivity contribution >= 4 is 5.91 Å². The topological polar surface area (TPSA) is 47.6 Å². The van der Waals surface area contributed by atoms with E-state index in [0.717, 1.165) is 32.6 Å². The fraction of sp³-hybridized carbons (Fsp3) is 0.909. The SMILES string of the molecule is CC(C)OCC(=O)NCC1CCOCC1. The Morgan fingerprint density at radius 2 is 2.13 bits per heavy atom. The molecule has 1 aliphatic heterocycles. The molecule has 1 N–H and O–H groups in total. The number of ether oxygens (including phenoxy) is 2. The van der Waals surface area contributed by atoms with Gasteiger partial charge in [0.05, 0.1) is 6.10 Å². The van der Waals surface area contributed by atoms with Crippen LogP contribution < -0.4 is 5.32 Å². The van der Waals surface area contributed by atoms with Crippen LogP contribution >= 0.6 is 0 Å². The van der Waals surface area contributed by atoms with E-state index < -0.39 is 0 Å². The van der Waals surface area contributed by atoms with Crippen LogP contribution in [-0.4, -0.2) is 38.4 Å². The Labute approximate surface area is 91.3 Å². The lowest BCUT2D eigenvalue weighted by atomic mass is 10.0. The molecule has 4 nitrogen and oxygen atoms in total. The predicted octanol–water partition coefficient (Wildman–Crippen LogP) is 0.954. The minimum Gasteiger partial charge on any atom is -0.381 e. The van der Waals surface area contributed by atoms with Crippen molar-refractivity contribution in [1.82, 2.24) is 5.32 Å². The Balaban J connectivity index is 2.05. The number of carbonyl (C=O) groups is 1. The maximum atomic E-state index is 11.3. The van der Waals surface area contributed by atoms with Crippen molar-refractivity contribution in [3.63, 3.8) is 0 Å². The van der Waals surface area contributed by atoms with Crippen LogP contribution in [0.5, 0.6) is 0 Å². The molecular formula is C11H21NO3. The highest BCUT2D eigenvalue weighted by Crippen LogP contribution is 2.12. The normalized spacial score (nSPS) is 18.1. The summed E-state index contributed by atoms with van der Waals surface area (Å²) in [6.45, 7) is 6.41. The zero-order chi connectivity index (χ0) is 11.1. The van der Waals surface area contributed by atoms with E-state index in [2.05, 4.69) is 5.32 Å². The van der Waals surface area contributed by atoms with E-state index in [1.54, 1.807) is 0 Å². The largest absolute Gasteiger partial charge is 0.381 e. The minimum absolute atomic E-state index is 0.0183. The second-order valence-corrected chi connectivity index (χ2v) is 4.22. The van der Waals surface area contributed by atoms with E-state index in [9.17, 15) is 4.79 Å². The molecule has 0 radical (unpaired) electrons. The van der Waals surface area contributed by atoms with Crippen LogP contribution in [0, 0.1) is 5.92 Å². The van der Waals surface area contributed by atoms with Crippen LogP contribution in [0.4, 0.5) is 0 Å². The molecule has 1 rings (SSSR count). The quantitative estimate of drug-likeness (QED) is 0.743. The standard InChI is InChI=1S/C11H21NO3/c1-9(2)15-8-11(13)12-7-10-3-5-14-6-4-10/h9-10H,3-8H2,1-2H3,(H,12,13). The summed E-state index contributed by atoms with van der Waals surface area (Å²) in [6, 6.07) is 0. The fourth-order valence-electron chi connectivity index (χ4n) is 1.50. The molecular weight excluding hydrogens is 194 g/mol. The van der Waals surface area contributed by atoms with Gasteiger partial charge < -0.3 is 14.8 Å². The lowest BCUT2D eigenvalue weighted by Crippen LogP contribution is -2.34. The van der Waals surface area contributed by atoms with E-state index in [0.29, 0.717) is 5.92 Å². The predicted molar refractivity (Wildman–Crippen MR) is 57.6 cm³/mol. The second-order valence-electron chi connectivity index (χ2n) is 4.22. The van der Waals surface area contributed by atoms with Gasteiger partial charge in [-0.25, -0.2) is 0 Å². The molecule has 1 amide bonds. The lowest BCUT2D eigenvalue weighted by Gasteiger charge is -2.22. The number of hydrogen-bond donors (Lipinski definition) is 1. The molecule has 1 aliphatic rings. The number of rotatable bonds is 5. The van der Waals surface area contributed by atoms with Crippen LogP contribution in [0.15, 0.2) is 0 Å². The first kappa shape index (κ1) is 12.5. The summed E-state index contributed by atoms with van der Waals surface area (Å²) in [5.74, 6) is 0.553. The van der Waals surface area contributed by atoms with Gasteiger partial charge in [0.25, 0.3) is 0 Å². The maximum Gasteiger partial charge on any atom is 0.246 e. The Bertz CT molecular complexity index is 188. The van der Waals surface area contributed by atoms with Gasteiger partial charge in [-0.1, -0.05) is 0 Å². The van der Waals surface area contributed by atoms with Crippen LogP contribution in [-0.2, 0) is 14.3 Å². The summed E-state index contributed by atoms with van der Waals surface area (Å²) in [5.41, 5.74) is 0. The van der Waals surface area contributed by atoms with Crippen LogP contribution in [0.1, 0.15) is 26.7 Å².